The van der Waals surface area contributed by atoms with Crippen molar-refractivity contribution in [2.45, 2.75) is 6.18 Å². The van der Waals surface area contributed by atoms with E-state index >= 15 is 0 Å². The second-order valence-electron chi connectivity index (χ2n) is 3.92. The number of piperazine rings is 1. The largest absolute Gasteiger partial charge is 0.421 e. The van der Waals surface area contributed by atoms with E-state index in [9.17, 15) is 13.2 Å². The topological polar surface area (TPSA) is 53.1 Å². The molecule has 0 bridgehead atoms. The lowest BCUT2D eigenvalue weighted by atomic mass is 10.2. The van der Waals surface area contributed by atoms with E-state index in [4.69, 9.17) is 0 Å². The molecule has 8 heteroatoms. The molecule has 1 fully saturated rings. The van der Waals surface area contributed by atoms with Crippen LogP contribution in [0, 0.1) is 0 Å². The first-order chi connectivity index (χ1) is 8.52. The number of nitrogens with zero attached hydrogens (tertiary/aromatic N) is 3. The fraction of sp³-hybridized carbons (Fsp3) is 0.600. The first-order valence-corrected chi connectivity index (χ1v) is 5.60. The van der Waals surface area contributed by atoms with Crippen LogP contribution in [0.25, 0.3) is 0 Å². The van der Waals surface area contributed by atoms with Crippen molar-refractivity contribution in [1.82, 2.24) is 15.3 Å². The van der Waals surface area contributed by atoms with Gasteiger partial charge in [0.05, 0.1) is 0 Å². The third kappa shape index (κ3) is 2.63. The van der Waals surface area contributed by atoms with Gasteiger partial charge in [-0.25, -0.2) is 4.98 Å². The Morgan fingerprint density at radius 2 is 2.00 bits per heavy atom. The standard InChI is InChI=1S/C10H14F3N5/c1-14-9-16-6-7(10(11,12)13)8(17-9)18-4-2-15-3-5-18/h6,15H,2-5H2,1H3,(H,14,16,17). The molecule has 18 heavy (non-hydrogen) atoms. The summed E-state index contributed by atoms with van der Waals surface area (Å²) in [6.45, 7) is 2.30. The summed E-state index contributed by atoms with van der Waals surface area (Å²) in [6, 6.07) is 0. The molecule has 2 rings (SSSR count). The van der Waals surface area contributed by atoms with Crippen LogP contribution in [0.2, 0.25) is 0 Å². The van der Waals surface area contributed by atoms with Crippen LogP contribution in [0.1, 0.15) is 5.56 Å². The van der Waals surface area contributed by atoms with Crippen molar-refractivity contribution in [3.05, 3.63) is 11.8 Å². The highest BCUT2D eigenvalue weighted by Crippen LogP contribution is 2.35. The molecule has 1 aromatic heterocycles. The van der Waals surface area contributed by atoms with E-state index < -0.39 is 11.7 Å². The van der Waals surface area contributed by atoms with Gasteiger partial charge in [-0.2, -0.15) is 18.2 Å². The molecule has 0 amide bonds. The maximum Gasteiger partial charge on any atom is 0.421 e. The molecule has 2 N–H and O–H groups in total. The summed E-state index contributed by atoms with van der Waals surface area (Å²) < 4.78 is 38.7. The van der Waals surface area contributed by atoms with Crippen LogP contribution in [0.3, 0.4) is 0 Å². The Morgan fingerprint density at radius 1 is 1.33 bits per heavy atom. The van der Waals surface area contributed by atoms with Crippen molar-refractivity contribution in [3.63, 3.8) is 0 Å². The maximum absolute atomic E-state index is 12.9. The fourth-order valence-electron chi connectivity index (χ4n) is 1.81. The number of hydrogen-bond donors (Lipinski definition) is 2. The Balaban J connectivity index is 2.40. The number of aromatic nitrogens is 2. The number of alkyl halides is 3. The Hall–Kier alpha value is -1.57. The predicted molar refractivity (Wildman–Crippen MR) is 61.7 cm³/mol. The summed E-state index contributed by atoms with van der Waals surface area (Å²) in [7, 11) is 1.57. The smallest absolute Gasteiger partial charge is 0.357 e. The highest BCUT2D eigenvalue weighted by atomic mass is 19.4. The van der Waals surface area contributed by atoms with Gasteiger partial charge in [-0.05, 0) is 0 Å². The third-order valence-corrected chi connectivity index (χ3v) is 2.71. The van der Waals surface area contributed by atoms with Gasteiger partial charge in [0.2, 0.25) is 5.95 Å². The lowest BCUT2D eigenvalue weighted by Gasteiger charge is -2.30. The van der Waals surface area contributed by atoms with Gasteiger partial charge in [0.15, 0.2) is 0 Å². The van der Waals surface area contributed by atoms with Gasteiger partial charge in [-0.15, -0.1) is 0 Å². The first-order valence-electron chi connectivity index (χ1n) is 5.60. The minimum atomic E-state index is -4.44. The van der Waals surface area contributed by atoms with Gasteiger partial charge >= 0.3 is 6.18 Å². The van der Waals surface area contributed by atoms with Crippen molar-refractivity contribution >= 4 is 11.8 Å². The van der Waals surface area contributed by atoms with Crippen LogP contribution in [0.5, 0.6) is 0 Å². The molecule has 0 unspecified atom stereocenters. The van der Waals surface area contributed by atoms with Gasteiger partial charge in [0.25, 0.3) is 0 Å². The summed E-state index contributed by atoms with van der Waals surface area (Å²) in [4.78, 5) is 9.20. The summed E-state index contributed by atoms with van der Waals surface area (Å²) in [5.74, 6) is 0.139. The molecule has 1 aliphatic heterocycles. The molecular formula is C10H14F3N5. The highest BCUT2D eigenvalue weighted by molar-refractivity contribution is 5.51. The van der Waals surface area contributed by atoms with E-state index in [0.717, 1.165) is 6.20 Å². The Morgan fingerprint density at radius 3 is 2.56 bits per heavy atom. The van der Waals surface area contributed by atoms with Crippen LogP contribution in [0.15, 0.2) is 6.20 Å². The Bertz CT molecular complexity index is 414. The van der Waals surface area contributed by atoms with Crippen molar-refractivity contribution < 1.29 is 13.2 Å². The number of nitrogens with one attached hydrogen (secondary N) is 2. The van der Waals surface area contributed by atoms with Crippen LogP contribution in [-0.2, 0) is 6.18 Å². The number of anilines is 2. The minimum Gasteiger partial charge on any atom is -0.357 e. The maximum atomic E-state index is 12.9. The van der Waals surface area contributed by atoms with Crippen molar-refractivity contribution in [2.24, 2.45) is 0 Å². The second kappa shape index (κ2) is 4.97. The zero-order valence-electron chi connectivity index (χ0n) is 9.88. The van der Waals surface area contributed by atoms with Gasteiger partial charge < -0.3 is 15.5 Å². The molecule has 1 saturated heterocycles. The molecule has 5 nitrogen and oxygen atoms in total. The highest BCUT2D eigenvalue weighted by Gasteiger charge is 2.37. The van der Waals surface area contributed by atoms with Gasteiger partial charge in [-0.1, -0.05) is 0 Å². The fourth-order valence-corrected chi connectivity index (χ4v) is 1.81. The quantitative estimate of drug-likeness (QED) is 0.830. The van der Waals surface area contributed by atoms with E-state index in [2.05, 4.69) is 20.6 Å². The SMILES string of the molecule is CNc1ncc(C(F)(F)F)c(N2CCNCC2)n1. The van der Waals surface area contributed by atoms with Gasteiger partial charge in [-0.3, -0.25) is 0 Å². The minimum absolute atomic E-state index is 0.0525. The molecular weight excluding hydrogens is 247 g/mol. The summed E-state index contributed by atoms with van der Waals surface area (Å²) in [5, 5.41) is 5.74. The molecule has 0 radical (unpaired) electrons. The van der Waals surface area contributed by atoms with Crippen molar-refractivity contribution in [1.29, 1.82) is 0 Å². The molecule has 1 aliphatic rings. The zero-order valence-corrected chi connectivity index (χ0v) is 9.88. The van der Waals surface area contributed by atoms with Gasteiger partial charge in [0, 0.05) is 39.4 Å². The molecule has 0 saturated carbocycles. The number of rotatable bonds is 2. The van der Waals surface area contributed by atoms with E-state index in [1.807, 2.05) is 0 Å². The molecule has 0 aromatic carbocycles. The molecule has 0 aliphatic carbocycles. The summed E-state index contributed by atoms with van der Waals surface area (Å²) >= 11 is 0. The first kappa shape index (κ1) is 12.9. The summed E-state index contributed by atoms with van der Waals surface area (Å²) in [6.07, 6.45) is -3.61. The molecule has 0 atom stereocenters. The predicted octanol–water partition coefficient (Wildman–Crippen LogP) is 0.947. The normalized spacial score (nSPS) is 16.8. The third-order valence-electron chi connectivity index (χ3n) is 2.71. The average Bonchev–Trinajstić information content (AvgIpc) is 2.38. The van der Waals surface area contributed by atoms with E-state index in [0.29, 0.717) is 26.2 Å². The van der Waals surface area contributed by atoms with E-state index in [1.54, 1.807) is 11.9 Å². The molecule has 2 heterocycles. The average molecular weight is 261 g/mol. The van der Waals surface area contributed by atoms with Crippen LogP contribution < -0.4 is 15.5 Å². The van der Waals surface area contributed by atoms with E-state index in [1.165, 1.54) is 0 Å². The molecule has 1 aromatic rings. The van der Waals surface area contributed by atoms with Gasteiger partial charge in [0.1, 0.15) is 11.4 Å². The number of hydrogen-bond acceptors (Lipinski definition) is 5. The second-order valence-corrected chi connectivity index (χ2v) is 3.92. The van der Waals surface area contributed by atoms with Crippen molar-refractivity contribution in [3.8, 4) is 0 Å². The Kier molecular flexibility index (Phi) is 3.55. The number of halogens is 3. The molecule has 100 valence electrons. The van der Waals surface area contributed by atoms with Crippen LogP contribution in [-0.4, -0.2) is 43.2 Å². The lowest BCUT2D eigenvalue weighted by molar-refractivity contribution is -0.137. The van der Waals surface area contributed by atoms with Crippen molar-refractivity contribution in [2.75, 3.05) is 43.4 Å². The van der Waals surface area contributed by atoms with Crippen LogP contribution >= 0.6 is 0 Å². The molecule has 0 spiro atoms. The Labute approximate surface area is 102 Å². The lowest BCUT2D eigenvalue weighted by Crippen LogP contribution is -2.44. The van der Waals surface area contributed by atoms with Crippen LogP contribution in [0.4, 0.5) is 24.9 Å². The summed E-state index contributed by atoms with van der Waals surface area (Å²) in [5.41, 5.74) is -0.789. The monoisotopic (exact) mass is 261 g/mol. The zero-order chi connectivity index (χ0) is 13.2. The van der Waals surface area contributed by atoms with E-state index in [-0.39, 0.29) is 11.8 Å².